The summed E-state index contributed by atoms with van der Waals surface area (Å²) in [6.45, 7) is 0. The monoisotopic (exact) mass is 234 g/mol. The van der Waals surface area contributed by atoms with Gasteiger partial charge in [-0.3, -0.25) is 0 Å². The molecular formula is C11H11ClN4. The lowest BCUT2D eigenvalue weighted by atomic mass is 10.3. The van der Waals surface area contributed by atoms with E-state index in [2.05, 4.69) is 15.0 Å². The van der Waals surface area contributed by atoms with Crippen LogP contribution in [-0.2, 0) is 7.05 Å². The third kappa shape index (κ3) is 1.69. The Hall–Kier alpha value is -1.42. The van der Waals surface area contributed by atoms with Gasteiger partial charge >= 0.3 is 0 Å². The molecule has 2 aromatic heterocycles. The van der Waals surface area contributed by atoms with Gasteiger partial charge in [0.25, 0.3) is 0 Å². The molecule has 2 heterocycles. The van der Waals surface area contributed by atoms with Gasteiger partial charge in [-0.2, -0.15) is 0 Å². The Balaban J connectivity index is 2.10. The van der Waals surface area contributed by atoms with Crippen LogP contribution in [0.15, 0.2) is 18.6 Å². The highest BCUT2D eigenvalue weighted by Gasteiger charge is 2.26. The molecule has 0 radical (unpaired) electrons. The third-order valence-corrected chi connectivity index (χ3v) is 2.95. The Kier molecular flexibility index (Phi) is 2.17. The summed E-state index contributed by atoms with van der Waals surface area (Å²) in [5.41, 5.74) is 1.95. The van der Waals surface area contributed by atoms with Crippen molar-refractivity contribution in [3.8, 4) is 11.5 Å². The van der Waals surface area contributed by atoms with Crippen LogP contribution in [0.25, 0.3) is 11.5 Å². The summed E-state index contributed by atoms with van der Waals surface area (Å²) in [5.74, 6) is 1.24. The van der Waals surface area contributed by atoms with Crippen molar-refractivity contribution in [1.29, 1.82) is 0 Å². The van der Waals surface area contributed by atoms with Crippen LogP contribution >= 0.6 is 11.6 Å². The van der Waals surface area contributed by atoms with Crippen LogP contribution in [0.2, 0.25) is 5.15 Å². The molecule has 0 spiro atoms. The van der Waals surface area contributed by atoms with Crippen LogP contribution in [0.1, 0.15) is 24.5 Å². The number of halogens is 1. The molecule has 5 heteroatoms. The number of aryl methyl sites for hydroxylation is 1. The van der Waals surface area contributed by atoms with Crippen molar-refractivity contribution in [3.63, 3.8) is 0 Å². The number of hydrogen-bond donors (Lipinski definition) is 0. The smallest absolute Gasteiger partial charge is 0.179 e. The maximum atomic E-state index is 6.01. The maximum Gasteiger partial charge on any atom is 0.179 e. The van der Waals surface area contributed by atoms with Gasteiger partial charge in [0, 0.05) is 18.7 Å². The third-order valence-electron chi connectivity index (χ3n) is 2.76. The van der Waals surface area contributed by atoms with Crippen LogP contribution in [-0.4, -0.2) is 19.5 Å². The van der Waals surface area contributed by atoms with Crippen molar-refractivity contribution in [2.24, 2.45) is 7.05 Å². The summed E-state index contributed by atoms with van der Waals surface area (Å²) in [4.78, 5) is 12.8. The maximum absolute atomic E-state index is 6.01. The Labute approximate surface area is 98.3 Å². The second-order valence-electron chi connectivity index (χ2n) is 4.10. The van der Waals surface area contributed by atoms with E-state index in [0.29, 0.717) is 16.9 Å². The van der Waals surface area contributed by atoms with E-state index >= 15 is 0 Å². The minimum absolute atomic E-state index is 0.508. The fourth-order valence-corrected chi connectivity index (χ4v) is 1.90. The number of nitrogens with zero attached hydrogens (tertiary/aromatic N) is 4. The van der Waals surface area contributed by atoms with Crippen molar-refractivity contribution in [3.05, 3.63) is 29.4 Å². The van der Waals surface area contributed by atoms with E-state index in [1.165, 1.54) is 12.8 Å². The van der Waals surface area contributed by atoms with Gasteiger partial charge in [-0.1, -0.05) is 11.6 Å². The number of aromatic nitrogens is 4. The number of rotatable bonds is 2. The van der Waals surface area contributed by atoms with Crippen LogP contribution in [0.4, 0.5) is 0 Å². The Bertz CT molecular complexity index is 531. The number of imidazole rings is 1. The number of hydrogen-bond acceptors (Lipinski definition) is 3. The van der Waals surface area contributed by atoms with Crippen molar-refractivity contribution in [2.45, 2.75) is 18.8 Å². The molecule has 0 saturated heterocycles. The van der Waals surface area contributed by atoms with Crippen LogP contribution in [0.5, 0.6) is 0 Å². The molecule has 16 heavy (non-hydrogen) atoms. The molecule has 4 nitrogen and oxygen atoms in total. The Morgan fingerprint density at radius 3 is 2.81 bits per heavy atom. The van der Waals surface area contributed by atoms with E-state index in [0.717, 1.165) is 11.4 Å². The van der Waals surface area contributed by atoms with E-state index in [9.17, 15) is 0 Å². The van der Waals surface area contributed by atoms with E-state index in [4.69, 9.17) is 11.6 Å². The lowest BCUT2D eigenvalue weighted by Gasteiger charge is -2.04. The first kappa shape index (κ1) is 9.78. The lowest BCUT2D eigenvalue weighted by Crippen LogP contribution is -1.98. The van der Waals surface area contributed by atoms with E-state index in [1.54, 1.807) is 12.5 Å². The molecule has 82 valence electrons. The van der Waals surface area contributed by atoms with E-state index in [1.807, 2.05) is 17.7 Å². The average Bonchev–Trinajstić information content (AvgIpc) is 3.01. The van der Waals surface area contributed by atoms with Gasteiger partial charge in [0.2, 0.25) is 0 Å². The van der Waals surface area contributed by atoms with Crippen molar-refractivity contribution < 1.29 is 0 Å². The Morgan fingerprint density at radius 2 is 2.19 bits per heavy atom. The predicted molar refractivity (Wildman–Crippen MR) is 61.2 cm³/mol. The zero-order valence-electron chi connectivity index (χ0n) is 8.89. The zero-order valence-corrected chi connectivity index (χ0v) is 9.65. The summed E-state index contributed by atoms with van der Waals surface area (Å²) in [6.07, 6.45) is 5.90. The van der Waals surface area contributed by atoms with Crippen LogP contribution < -0.4 is 0 Å². The van der Waals surface area contributed by atoms with Crippen LogP contribution in [0.3, 0.4) is 0 Å². The van der Waals surface area contributed by atoms with Crippen molar-refractivity contribution in [2.75, 3.05) is 0 Å². The standard InChI is InChI=1S/C11H11ClN4/c1-16-6-13-5-9(16)11-14-8(7-2-3-7)4-10(12)15-11/h4-7H,2-3H2,1H3. The summed E-state index contributed by atoms with van der Waals surface area (Å²) < 4.78 is 1.89. The van der Waals surface area contributed by atoms with Gasteiger partial charge in [0.15, 0.2) is 5.82 Å². The molecule has 0 bridgehead atoms. The van der Waals surface area contributed by atoms with Crippen LogP contribution in [0, 0.1) is 0 Å². The molecule has 3 rings (SSSR count). The molecule has 0 unspecified atom stereocenters. The van der Waals surface area contributed by atoms with Gasteiger partial charge in [-0.15, -0.1) is 0 Å². The Morgan fingerprint density at radius 1 is 1.38 bits per heavy atom. The largest absolute Gasteiger partial charge is 0.331 e. The highest BCUT2D eigenvalue weighted by atomic mass is 35.5. The van der Waals surface area contributed by atoms with Crippen molar-refractivity contribution >= 4 is 11.6 Å². The minimum Gasteiger partial charge on any atom is -0.331 e. The zero-order chi connectivity index (χ0) is 11.1. The first-order valence-electron chi connectivity index (χ1n) is 5.25. The van der Waals surface area contributed by atoms with Gasteiger partial charge in [-0.05, 0) is 18.9 Å². The SMILES string of the molecule is Cn1cncc1-c1nc(Cl)cc(C2CC2)n1. The first-order valence-corrected chi connectivity index (χ1v) is 5.63. The molecule has 0 atom stereocenters. The van der Waals surface area contributed by atoms with Gasteiger partial charge in [0.05, 0.1) is 12.5 Å². The van der Waals surface area contributed by atoms with Gasteiger partial charge in [-0.25, -0.2) is 15.0 Å². The molecule has 2 aromatic rings. The van der Waals surface area contributed by atoms with Crippen molar-refractivity contribution in [1.82, 2.24) is 19.5 Å². The lowest BCUT2D eigenvalue weighted by molar-refractivity contribution is 0.898. The molecule has 0 aromatic carbocycles. The molecule has 1 aliphatic rings. The second-order valence-corrected chi connectivity index (χ2v) is 4.49. The molecule has 0 N–H and O–H groups in total. The normalized spacial score (nSPS) is 15.4. The highest BCUT2D eigenvalue weighted by molar-refractivity contribution is 6.29. The topological polar surface area (TPSA) is 43.6 Å². The van der Waals surface area contributed by atoms with E-state index < -0.39 is 0 Å². The predicted octanol–water partition coefficient (Wildman–Crippen LogP) is 2.41. The summed E-state index contributed by atoms with van der Waals surface area (Å²) in [7, 11) is 1.92. The fourth-order valence-electron chi connectivity index (χ4n) is 1.71. The summed E-state index contributed by atoms with van der Waals surface area (Å²) >= 11 is 6.01. The summed E-state index contributed by atoms with van der Waals surface area (Å²) in [6, 6.07) is 1.86. The molecule has 1 fully saturated rings. The fraction of sp³-hybridized carbons (Fsp3) is 0.364. The molecule has 0 aliphatic heterocycles. The highest BCUT2D eigenvalue weighted by Crippen LogP contribution is 2.40. The molecule has 0 amide bonds. The molecule has 1 aliphatic carbocycles. The second kappa shape index (κ2) is 3.56. The average molecular weight is 235 g/mol. The van der Waals surface area contributed by atoms with E-state index in [-0.39, 0.29) is 0 Å². The van der Waals surface area contributed by atoms with Gasteiger partial charge < -0.3 is 4.57 Å². The summed E-state index contributed by atoms with van der Waals surface area (Å²) in [5, 5.41) is 0.508. The van der Waals surface area contributed by atoms with Gasteiger partial charge in [0.1, 0.15) is 10.8 Å². The minimum atomic E-state index is 0.508. The first-order chi connectivity index (χ1) is 7.74. The molecule has 1 saturated carbocycles. The quantitative estimate of drug-likeness (QED) is 0.750. The molecular weight excluding hydrogens is 224 g/mol.